The van der Waals surface area contributed by atoms with E-state index in [1.807, 2.05) is 24.3 Å². The largest absolute Gasteiger partial charge is 0.867 e. The third-order valence-electron chi connectivity index (χ3n) is 3.80. The van der Waals surface area contributed by atoms with Crippen LogP contribution in [-0.4, -0.2) is 37.4 Å². The van der Waals surface area contributed by atoms with Crippen molar-refractivity contribution in [1.29, 1.82) is 0 Å². The Bertz CT molecular complexity index is 753. The number of aliphatic imine (C=N–C) groups is 1. The van der Waals surface area contributed by atoms with E-state index in [4.69, 9.17) is 4.74 Å². The zero-order valence-electron chi connectivity index (χ0n) is 12.9. The summed E-state index contributed by atoms with van der Waals surface area (Å²) < 4.78 is 5.33. The zero-order chi connectivity index (χ0) is 16.9. The van der Waals surface area contributed by atoms with Crippen molar-refractivity contribution in [3.05, 3.63) is 58.1 Å². The molecule has 2 aromatic rings. The molecule has 24 heavy (non-hydrogen) atoms. The maximum atomic E-state index is 11.9. The fourth-order valence-electron chi connectivity index (χ4n) is 2.50. The third kappa shape index (κ3) is 3.52. The molecule has 0 aromatic heterocycles. The first kappa shape index (κ1) is 15.9. The minimum atomic E-state index is -0.684. The van der Waals surface area contributed by atoms with Crippen LogP contribution in [0.1, 0.15) is 5.56 Å². The van der Waals surface area contributed by atoms with Crippen molar-refractivity contribution in [2.24, 2.45) is 4.99 Å². The average molecular weight is 326 g/mol. The molecule has 0 bridgehead atoms. The van der Waals surface area contributed by atoms with Crippen molar-refractivity contribution in [2.75, 3.05) is 31.2 Å². The van der Waals surface area contributed by atoms with Crippen molar-refractivity contribution in [3.8, 4) is 5.75 Å². The maximum absolute atomic E-state index is 11.9. The van der Waals surface area contributed by atoms with Gasteiger partial charge in [0.05, 0.1) is 23.8 Å². The first-order valence-corrected chi connectivity index (χ1v) is 7.56. The highest BCUT2D eigenvalue weighted by Crippen LogP contribution is 2.26. The van der Waals surface area contributed by atoms with E-state index in [-0.39, 0.29) is 5.56 Å². The molecule has 0 spiro atoms. The molecular weight excluding hydrogens is 310 g/mol. The first-order valence-electron chi connectivity index (χ1n) is 7.56. The average Bonchev–Trinajstić information content (AvgIpc) is 2.62. The van der Waals surface area contributed by atoms with E-state index in [1.54, 1.807) is 0 Å². The Morgan fingerprint density at radius 1 is 1.12 bits per heavy atom. The molecule has 0 amide bonds. The molecule has 1 saturated heterocycles. The number of nitrogens with zero attached hydrogens (tertiary/aromatic N) is 3. The van der Waals surface area contributed by atoms with E-state index in [2.05, 4.69) is 9.89 Å². The molecule has 124 valence electrons. The molecule has 0 N–H and O–H groups in total. The lowest BCUT2D eigenvalue weighted by molar-refractivity contribution is -0.398. The van der Waals surface area contributed by atoms with Gasteiger partial charge in [-0.05, 0) is 35.6 Å². The van der Waals surface area contributed by atoms with Crippen LogP contribution in [0.3, 0.4) is 0 Å². The van der Waals surface area contributed by atoms with Gasteiger partial charge in [-0.1, -0.05) is 12.1 Å². The second kappa shape index (κ2) is 7.10. The van der Waals surface area contributed by atoms with Crippen molar-refractivity contribution in [2.45, 2.75) is 0 Å². The predicted octanol–water partition coefficient (Wildman–Crippen LogP) is 2.26. The molecule has 0 radical (unpaired) electrons. The van der Waals surface area contributed by atoms with Crippen molar-refractivity contribution >= 4 is 23.3 Å². The normalized spacial score (nSPS) is 14.9. The Kier molecular flexibility index (Phi) is 4.72. The zero-order valence-corrected chi connectivity index (χ0v) is 12.9. The molecular formula is C17H16N3O4-. The van der Waals surface area contributed by atoms with Crippen LogP contribution in [0.5, 0.6) is 5.75 Å². The Morgan fingerprint density at radius 3 is 2.50 bits per heavy atom. The van der Waals surface area contributed by atoms with E-state index in [0.717, 1.165) is 32.0 Å². The highest BCUT2D eigenvalue weighted by molar-refractivity contribution is 5.87. The molecule has 0 unspecified atom stereocenters. The van der Waals surface area contributed by atoms with E-state index >= 15 is 0 Å². The summed E-state index contributed by atoms with van der Waals surface area (Å²) in [6.45, 7) is 3.16. The molecule has 0 saturated carbocycles. The summed E-state index contributed by atoms with van der Waals surface area (Å²) >= 11 is 0. The van der Waals surface area contributed by atoms with Gasteiger partial charge in [0.25, 0.3) is 5.69 Å². The van der Waals surface area contributed by atoms with Gasteiger partial charge in [-0.15, -0.1) is 0 Å². The van der Waals surface area contributed by atoms with Gasteiger partial charge in [-0.2, -0.15) is 0 Å². The van der Waals surface area contributed by atoms with Crippen LogP contribution in [-0.2, 0) is 4.74 Å². The number of hydrogen-bond donors (Lipinski definition) is 0. The van der Waals surface area contributed by atoms with Gasteiger partial charge in [-0.3, -0.25) is 15.1 Å². The van der Waals surface area contributed by atoms with Gasteiger partial charge < -0.3 is 14.7 Å². The smallest absolute Gasteiger partial charge is 0.262 e. The Labute approximate surface area is 139 Å². The van der Waals surface area contributed by atoms with Gasteiger partial charge in [0.1, 0.15) is 0 Å². The maximum Gasteiger partial charge on any atom is 0.262 e. The monoisotopic (exact) mass is 326 g/mol. The van der Waals surface area contributed by atoms with E-state index < -0.39 is 16.4 Å². The second-order valence-electron chi connectivity index (χ2n) is 5.33. The fraction of sp³-hybridized carbons (Fsp3) is 0.235. The van der Waals surface area contributed by atoms with E-state index in [9.17, 15) is 15.2 Å². The summed E-state index contributed by atoms with van der Waals surface area (Å²) in [5.41, 5.74) is 1.53. The molecule has 0 atom stereocenters. The molecule has 3 rings (SSSR count). The minimum absolute atomic E-state index is 0.196. The Hall–Kier alpha value is -2.93. The summed E-state index contributed by atoms with van der Waals surface area (Å²) in [5.74, 6) is -0.629. The molecule has 1 fully saturated rings. The van der Waals surface area contributed by atoms with Gasteiger partial charge >= 0.3 is 0 Å². The first-order chi connectivity index (χ1) is 11.6. The molecule has 1 aliphatic heterocycles. The lowest BCUT2D eigenvalue weighted by atomic mass is 10.2. The second-order valence-corrected chi connectivity index (χ2v) is 5.33. The highest BCUT2D eigenvalue weighted by atomic mass is 16.6. The number of rotatable bonds is 4. The van der Waals surface area contributed by atoms with E-state index in [0.29, 0.717) is 5.69 Å². The van der Waals surface area contributed by atoms with Gasteiger partial charge in [0, 0.05) is 31.1 Å². The van der Waals surface area contributed by atoms with Crippen LogP contribution >= 0.6 is 0 Å². The van der Waals surface area contributed by atoms with Crippen LogP contribution in [0.4, 0.5) is 17.1 Å². The molecule has 7 heteroatoms. The number of anilines is 1. The van der Waals surface area contributed by atoms with Crippen LogP contribution in [0.2, 0.25) is 0 Å². The Balaban J connectivity index is 1.75. The molecule has 1 heterocycles. The number of benzene rings is 2. The topological polar surface area (TPSA) is 91.0 Å². The summed E-state index contributed by atoms with van der Waals surface area (Å²) in [5, 5.41) is 22.7. The quantitative estimate of drug-likeness (QED) is 0.488. The van der Waals surface area contributed by atoms with Gasteiger partial charge in [0.15, 0.2) is 0 Å². The van der Waals surface area contributed by atoms with Crippen molar-refractivity contribution < 1.29 is 14.8 Å². The number of ether oxygens (including phenoxy) is 1. The highest BCUT2D eigenvalue weighted by Gasteiger charge is 2.11. The third-order valence-corrected chi connectivity index (χ3v) is 3.80. The van der Waals surface area contributed by atoms with E-state index in [1.165, 1.54) is 24.4 Å². The Morgan fingerprint density at radius 2 is 1.83 bits per heavy atom. The minimum Gasteiger partial charge on any atom is -0.867 e. The summed E-state index contributed by atoms with van der Waals surface area (Å²) in [6.07, 6.45) is 1.36. The van der Waals surface area contributed by atoms with Crippen LogP contribution in [0.25, 0.3) is 0 Å². The lowest BCUT2D eigenvalue weighted by Gasteiger charge is -2.28. The molecule has 2 aromatic carbocycles. The molecule has 1 aliphatic rings. The number of morpholine rings is 1. The lowest BCUT2D eigenvalue weighted by Crippen LogP contribution is -2.36. The summed E-state index contributed by atoms with van der Waals surface area (Å²) in [4.78, 5) is 16.6. The standard InChI is InChI=1S/C17H17N3O4/c21-17-13(2-1-3-16(17)20(22)23)12-18-14-4-6-15(7-5-14)19-8-10-24-11-9-19/h1-7,12,21H,8-11H2/p-1. The summed E-state index contributed by atoms with van der Waals surface area (Å²) in [7, 11) is 0. The van der Waals surface area contributed by atoms with Crippen LogP contribution < -0.4 is 10.0 Å². The SMILES string of the molecule is O=[N+]([O-])c1cccc(C=Nc2ccc(N3CCOCC3)cc2)c1[O-]. The van der Waals surface area contributed by atoms with Crippen LogP contribution in [0.15, 0.2) is 47.5 Å². The molecule has 7 nitrogen and oxygen atoms in total. The van der Waals surface area contributed by atoms with Gasteiger partial charge in [-0.25, -0.2) is 0 Å². The molecule has 0 aliphatic carbocycles. The van der Waals surface area contributed by atoms with Crippen LogP contribution in [0, 0.1) is 10.1 Å². The number of hydrogen-bond acceptors (Lipinski definition) is 6. The number of nitro groups is 1. The van der Waals surface area contributed by atoms with Gasteiger partial charge in [0.2, 0.25) is 0 Å². The predicted molar refractivity (Wildman–Crippen MR) is 89.3 cm³/mol. The fourth-order valence-corrected chi connectivity index (χ4v) is 2.50. The number of nitro benzene ring substituents is 1. The van der Waals surface area contributed by atoms with Crippen molar-refractivity contribution in [1.82, 2.24) is 0 Å². The number of para-hydroxylation sites is 1. The van der Waals surface area contributed by atoms with Crippen molar-refractivity contribution in [3.63, 3.8) is 0 Å². The summed E-state index contributed by atoms with van der Waals surface area (Å²) in [6, 6.07) is 11.8.